The zero-order valence-electron chi connectivity index (χ0n) is 27.1. The summed E-state index contributed by atoms with van der Waals surface area (Å²) < 4.78 is 88.1. The van der Waals surface area contributed by atoms with Crippen molar-refractivity contribution in [2.45, 2.75) is 18.9 Å². The van der Waals surface area contributed by atoms with Gasteiger partial charge < -0.3 is 24.3 Å². The van der Waals surface area contributed by atoms with Gasteiger partial charge >= 0.3 is 12.4 Å². The standard InChI is InChI=1S/C36H31F6N5O4/c1-45-30-19-29(51-32-13-9-27(20-43-32)44-33(48)24-4-7-26(8-5-24)36(40,41)42)12-6-25(30)18-31(45)34(49)47-16-14-46(15-17-47)21-23-2-10-28(11-3-23)50-22-35(37,38)39/h2-13,18-20H,14-17,21-22H2,1H3,(H,44,48). The van der Waals surface area contributed by atoms with Gasteiger partial charge in [0.15, 0.2) is 6.61 Å². The topological polar surface area (TPSA) is 88.9 Å². The maximum atomic E-state index is 13.5. The molecule has 5 aromatic rings. The second-order valence-corrected chi connectivity index (χ2v) is 11.9. The number of rotatable bonds is 9. The molecule has 1 aliphatic rings. The number of ether oxygens (including phenoxy) is 2. The molecule has 1 aliphatic heterocycles. The van der Waals surface area contributed by atoms with Crippen LogP contribution in [-0.4, -0.2) is 70.1 Å². The van der Waals surface area contributed by atoms with Crippen LogP contribution in [0.15, 0.2) is 91.1 Å². The Morgan fingerprint density at radius 3 is 2.14 bits per heavy atom. The van der Waals surface area contributed by atoms with E-state index < -0.39 is 30.4 Å². The quantitative estimate of drug-likeness (QED) is 0.159. The highest BCUT2D eigenvalue weighted by Crippen LogP contribution is 2.30. The second kappa shape index (κ2) is 14.3. The number of aryl methyl sites for hydroxylation is 1. The zero-order chi connectivity index (χ0) is 36.3. The summed E-state index contributed by atoms with van der Waals surface area (Å²) in [6.07, 6.45) is -7.53. The van der Waals surface area contributed by atoms with Crippen LogP contribution in [0.3, 0.4) is 0 Å². The smallest absolute Gasteiger partial charge is 0.422 e. The molecule has 1 N–H and O–H groups in total. The number of benzene rings is 3. The van der Waals surface area contributed by atoms with Crippen molar-refractivity contribution < 1.29 is 45.4 Å². The lowest BCUT2D eigenvalue weighted by atomic mass is 10.1. The van der Waals surface area contributed by atoms with E-state index in [9.17, 15) is 35.9 Å². The monoisotopic (exact) mass is 711 g/mol. The van der Waals surface area contributed by atoms with Crippen LogP contribution in [0.4, 0.5) is 32.0 Å². The Hall–Kier alpha value is -5.57. The van der Waals surface area contributed by atoms with Crippen molar-refractivity contribution >= 4 is 28.4 Å². The Morgan fingerprint density at radius 1 is 0.824 bits per heavy atom. The van der Waals surface area contributed by atoms with Gasteiger partial charge in [-0.15, -0.1) is 0 Å². The number of fused-ring (bicyclic) bond motifs is 1. The van der Waals surface area contributed by atoms with Gasteiger partial charge in [-0.3, -0.25) is 14.5 Å². The number of carbonyl (C=O) groups is 2. The number of carbonyl (C=O) groups excluding carboxylic acids is 2. The Kier molecular flexibility index (Phi) is 9.92. The molecule has 266 valence electrons. The summed E-state index contributed by atoms with van der Waals surface area (Å²) in [7, 11) is 1.80. The molecule has 3 heterocycles. The van der Waals surface area contributed by atoms with E-state index in [4.69, 9.17) is 9.47 Å². The maximum Gasteiger partial charge on any atom is 0.422 e. The molecule has 2 aromatic heterocycles. The molecule has 2 amide bonds. The number of nitrogens with zero attached hydrogens (tertiary/aromatic N) is 4. The number of nitrogens with one attached hydrogen (secondary N) is 1. The fraction of sp³-hybridized carbons (Fsp3) is 0.250. The van der Waals surface area contributed by atoms with Crippen LogP contribution in [0.2, 0.25) is 0 Å². The third-order valence-electron chi connectivity index (χ3n) is 8.32. The van der Waals surface area contributed by atoms with Gasteiger partial charge in [0.2, 0.25) is 5.88 Å². The molecule has 0 unspecified atom stereocenters. The van der Waals surface area contributed by atoms with E-state index in [2.05, 4.69) is 15.2 Å². The van der Waals surface area contributed by atoms with Gasteiger partial charge in [0.1, 0.15) is 17.2 Å². The normalized spacial score (nSPS) is 14.1. The molecule has 6 rings (SSSR count). The number of aromatic nitrogens is 2. The maximum absolute atomic E-state index is 13.5. The third kappa shape index (κ3) is 8.78. The first-order valence-corrected chi connectivity index (χ1v) is 15.7. The summed E-state index contributed by atoms with van der Waals surface area (Å²) in [6, 6.07) is 20.6. The van der Waals surface area contributed by atoms with Gasteiger partial charge in [-0.05, 0) is 66.2 Å². The van der Waals surface area contributed by atoms with Gasteiger partial charge in [-0.2, -0.15) is 26.3 Å². The van der Waals surface area contributed by atoms with Crippen LogP contribution in [-0.2, 0) is 19.8 Å². The van der Waals surface area contributed by atoms with E-state index in [0.29, 0.717) is 49.9 Å². The highest BCUT2D eigenvalue weighted by Gasteiger charge is 2.30. The Balaban J connectivity index is 1.02. The molecule has 0 saturated carbocycles. The molecular formula is C36H31F6N5O4. The van der Waals surface area contributed by atoms with E-state index in [0.717, 1.165) is 40.7 Å². The van der Waals surface area contributed by atoms with Crippen LogP contribution in [0.25, 0.3) is 10.9 Å². The number of amides is 2. The highest BCUT2D eigenvalue weighted by molar-refractivity contribution is 6.04. The van der Waals surface area contributed by atoms with E-state index in [1.807, 2.05) is 12.1 Å². The number of hydrogen-bond donors (Lipinski definition) is 1. The lowest BCUT2D eigenvalue weighted by Gasteiger charge is -2.34. The van der Waals surface area contributed by atoms with Crippen molar-refractivity contribution in [3.05, 3.63) is 114 Å². The Labute approximate surface area is 288 Å². The predicted molar refractivity (Wildman–Crippen MR) is 176 cm³/mol. The van der Waals surface area contributed by atoms with Gasteiger partial charge in [0.25, 0.3) is 11.8 Å². The zero-order valence-corrected chi connectivity index (χ0v) is 27.1. The average Bonchev–Trinajstić information content (AvgIpc) is 3.43. The molecule has 3 aromatic carbocycles. The minimum Gasteiger partial charge on any atom is -0.484 e. The summed E-state index contributed by atoms with van der Waals surface area (Å²) in [5, 5.41) is 3.43. The van der Waals surface area contributed by atoms with E-state index in [1.54, 1.807) is 46.8 Å². The lowest BCUT2D eigenvalue weighted by molar-refractivity contribution is -0.153. The summed E-state index contributed by atoms with van der Waals surface area (Å²) in [5.41, 5.74) is 1.73. The van der Waals surface area contributed by atoms with E-state index >= 15 is 0 Å². The number of hydrogen-bond acceptors (Lipinski definition) is 6. The summed E-state index contributed by atoms with van der Waals surface area (Å²) in [4.78, 5) is 34.2. The minimum atomic E-state index is -4.50. The van der Waals surface area contributed by atoms with Crippen LogP contribution >= 0.6 is 0 Å². The molecule has 0 radical (unpaired) electrons. The molecule has 0 aliphatic carbocycles. The molecule has 9 nitrogen and oxygen atoms in total. The largest absolute Gasteiger partial charge is 0.484 e. The molecule has 0 bridgehead atoms. The fourth-order valence-corrected chi connectivity index (χ4v) is 5.61. The molecule has 15 heteroatoms. The van der Waals surface area contributed by atoms with Gasteiger partial charge in [-0.1, -0.05) is 12.1 Å². The van der Waals surface area contributed by atoms with Crippen LogP contribution in [0.5, 0.6) is 17.4 Å². The first kappa shape index (κ1) is 35.3. The van der Waals surface area contributed by atoms with Gasteiger partial charge in [-0.25, -0.2) is 4.98 Å². The first-order chi connectivity index (χ1) is 24.2. The predicted octanol–water partition coefficient (Wildman–Crippen LogP) is 7.54. The van der Waals surface area contributed by atoms with Crippen LogP contribution in [0.1, 0.15) is 32.0 Å². The van der Waals surface area contributed by atoms with Crippen molar-refractivity contribution in [1.82, 2.24) is 19.4 Å². The SMILES string of the molecule is Cn1c(C(=O)N2CCN(Cc3ccc(OCC(F)(F)F)cc3)CC2)cc2ccc(Oc3ccc(NC(=O)c4ccc(C(F)(F)F)cc4)cn3)cc21. The van der Waals surface area contributed by atoms with E-state index in [1.165, 1.54) is 24.4 Å². The summed E-state index contributed by atoms with van der Waals surface area (Å²) in [6.45, 7) is 1.52. The van der Waals surface area contributed by atoms with Crippen molar-refractivity contribution in [2.75, 3.05) is 38.1 Å². The molecule has 1 fully saturated rings. The highest BCUT2D eigenvalue weighted by atomic mass is 19.4. The number of anilines is 1. The summed E-state index contributed by atoms with van der Waals surface area (Å²) >= 11 is 0. The Morgan fingerprint density at radius 2 is 1.51 bits per heavy atom. The molecule has 0 atom stereocenters. The Bertz CT molecular complexity index is 2000. The van der Waals surface area contributed by atoms with Crippen molar-refractivity contribution in [1.29, 1.82) is 0 Å². The number of halogens is 6. The molecule has 0 spiro atoms. The number of piperazine rings is 1. The van der Waals surface area contributed by atoms with Crippen LogP contribution < -0.4 is 14.8 Å². The van der Waals surface area contributed by atoms with Gasteiger partial charge in [0.05, 0.1) is 23.0 Å². The van der Waals surface area contributed by atoms with Crippen molar-refractivity contribution in [2.24, 2.45) is 7.05 Å². The van der Waals surface area contributed by atoms with Crippen molar-refractivity contribution in [3.63, 3.8) is 0 Å². The third-order valence-corrected chi connectivity index (χ3v) is 8.32. The second-order valence-electron chi connectivity index (χ2n) is 11.9. The van der Waals surface area contributed by atoms with Crippen LogP contribution in [0, 0.1) is 0 Å². The fourth-order valence-electron chi connectivity index (χ4n) is 5.61. The lowest BCUT2D eigenvalue weighted by Crippen LogP contribution is -2.48. The average molecular weight is 712 g/mol. The van der Waals surface area contributed by atoms with Gasteiger partial charge in [0, 0.05) is 62.9 Å². The van der Waals surface area contributed by atoms with E-state index in [-0.39, 0.29) is 23.1 Å². The number of alkyl halides is 6. The van der Waals surface area contributed by atoms with Crippen molar-refractivity contribution in [3.8, 4) is 17.4 Å². The minimum absolute atomic E-state index is 0.0578. The molecule has 1 saturated heterocycles. The molecule has 51 heavy (non-hydrogen) atoms. The summed E-state index contributed by atoms with van der Waals surface area (Å²) in [5.74, 6) is 0.140. The number of pyridine rings is 1. The first-order valence-electron chi connectivity index (χ1n) is 15.7. The molecular weight excluding hydrogens is 680 g/mol.